The van der Waals surface area contributed by atoms with Crippen molar-refractivity contribution in [1.29, 1.82) is 0 Å². The third kappa shape index (κ3) is 2.65. The second-order valence-corrected chi connectivity index (χ2v) is 5.32. The lowest BCUT2D eigenvalue weighted by Gasteiger charge is -2.23. The van der Waals surface area contributed by atoms with Crippen LogP contribution in [0.15, 0.2) is 24.5 Å². The highest BCUT2D eigenvalue weighted by Gasteiger charge is 2.27. The Morgan fingerprint density at radius 3 is 2.91 bits per heavy atom. The molecule has 0 unspecified atom stereocenters. The molecule has 0 bridgehead atoms. The van der Waals surface area contributed by atoms with E-state index >= 15 is 0 Å². The van der Waals surface area contributed by atoms with Crippen LogP contribution in [0.1, 0.15) is 35.2 Å². The number of nitrogens with zero attached hydrogens (tertiary/aromatic N) is 2. The highest BCUT2D eigenvalue weighted by Crippen LogP contribution is 2.37. The van der Waals surface area contributed by atoms with Crippen LogP contribution in [0.5, 0.6) is 0 Å². The molecule has 0 saturated carbocycles. The minimum atomic E-state index is -0.756. The van der Waals surface area contributed by atoms with Crippen molar-refractivity contribution in [1.82, 2.24) is 9.97 Å². The van der Waals surface area contributed by atoms with E-state index in [0.29, 0.717) is 23.5 Å². The smallest absolute Gasteiger partial charge is 0.340 e. The SMILES string of the molecule is COC(=O)c1cc(-c2ncnc3c2[C@H](C)CC(=O)N3)ccc1F. The Kier molecular flexibility index (Phi) is 3.77. The normalized spacial score (nSPS) is 16.5. The van der Waals surface area contributed by atoms with E-state index in [4.69, 9.17) is 0 Å². The van der Waals surface area contributed by atoms with E-state index in [1.54, 1.807) is 0 Å². The first-order valence-corrected chi connectivity index (χ1v) is 7.04. The van der Waals surface area contributed by atoms with Gasteiger partial charge in [-0.1, -0.05) is 6.92 Å². The molecule has 0 aliphatic carbocycles. The number of amides is 1. The zero-order valence-electron chi connectivity index (χ0n) is 12.6. The van der Waals surface area contributed by atoms with Crippen molar-refractivity contribution >= 4 is 17.7 Å². The molecule has 118 valence electrons. The van der Waals surface area contributed by atoms with Crippen LogP contribution in [0.25, 0.3) is 11.3 Å². The molecule has 23 heavy (non-hydrogen) atoms. The largest absolute Gasteiger partial charge is 0.465 e. The van der Waals surface area contributed by atoms with Crippen molar-refractivity contribution in [3.05, 3.63) is 41.5 Å². The number of halogens is 1. The third-order valence-electron chi connectivity index (χ3n) is 3.77. The molecule has 1 amide bonds. The zero-order valence-corrected chi connectivity index (χ0v) is 12.6. The lowest BCUT2D eigenvalue weighted by atomic mass is 9.90. The number of esters is 1. The molecule has 2 aromatic rings. The first kappa shape index (κ1) is 15.1. The Hall–Kier alpha value is -2.83. The maximum atomic E-state index is 13.8. The fraction of sp³-hybridized carbons (Fsp3) is 0.250. The highest BCUT2D eigenvalue weighted by molar-refractivity contribution is 5.95. The van der Waals surface area contributed by atoms with Crippen LogP contribution in [0.2, 0.25) is 0 Å². The number of carbonyl (C=O) groups is 2. The summed E-state index contributed by atoms with van der Waals surface area (Å²) in [4.78, 5) is 31.6. The molecular weight excluding hydrogens is 301 g/mol. The van der Waals surface area contributed by atoms with E-state index in [2.05, 4.69) is 20.0 Å². The number of hydrogen-bond acceptors (Lipinski definition) is 5. The van der Waals surface area contributed by atoms with Crippen molar-refractivity contribution in [3.8, 4) is 11.3 Å². The molecule has 3 rings (SSSR count). The van der Waals surface area contributed by atoms with E-state index in [9.17, 15) is 14.0 Å². The van der Waals surface area contributed by atoms with Gasteiger partial charge in [0.05, 0.1) is 18.4 Å². The quantitative estimate of drug-likeness (QED) is 0.861. The summed E-state index contributed by atoms with van der Waals surface area (Å²) in [5.41, 5.74) is 1.74. The summed E-state index contributed by atoms with van der Waals surface area (Å²) in [6.45, 7) is 1.90. The molecule has 1 N–H and O–H groups in total. The number of fused-ring (bicyclic) bond motifs is 1. The molecule has 1 aromatic carbocycles. The highest BCUT2D eigenvalue weighted by atomic mass is 19.1. The predicted molar refractivity (Wildman–Crippen MR) is 80.4 cm³/mol. The molecule has 0 radical (unpaired) electrons. The number of rotatable bonds is 2. The summed E-state index contributed by atoms with van der Waals surface area (Å²) in [6.07, 6.45) is 1.64. The summed E-state index contributed by atoms with van der Waals surface area (Å²) in [5.74, 6) is -1.16. The number of ether oxygens (including phenoxy) is 1. The first-order valence-electron chi connectivity index (χ1n) is 7.04. The van der Waals surface area contributed by atoms with Gasteiger partial charge in [-0.05, 0) is 24.1 Å². The number of carbonyl (C=O) groups excluding carboxylic acids is 2. The average Bonchev–Trinajstić information content (AvgIpc) is 2.53. The monoisotopic (exact) mass is 315 g/mol. The molecule has 0 saturated heterocycles. The van der Waals surface area contributed by atoms with E-state index in [1.165, 1.54) is 31.6 Å². The minimum Gasteiger partial charge on any atom is -0.465 e. The molecule has 2 heterocycles. The molecule has 1 aliphatic rings. The van der Waals surface area contributed by atoms with Gasteiger partial charge in [-0.3, -0.25) is 4.79 Å². The average molecular weight is 315 g/mol. The van der Waals surface area contributed by atoms with Gasteiger partial charge in [0.1, 0.15) is 18.0 Å². The summed E-state index contributed by atoms with van der Waals surface area (Å²) in [6, 6.07) is 4.13. The fourth-order valence-corrected chi connectivity index (χ4v) is 2.69. The molecule has 1 atom stereocenters. The Morgan fingerprint density at radius 1 is 1.39 bits per heavy atom. The number of methoxy groups -OCH3 is 1. The van der Waals surface area contributed by atoms with Crippen molar-refractivity contribution in [2.24, 2.45) is 0 Å². The number of nitrogens with one attached hydrogen (secondary N) is 1. The van der Waals surface area contributed by atoms with Crippen LogP contribution >= 0.6 is 0 Å². The molecule has 0 spiro atoms. The van der Waals surface area contributed by atoms with Gasteiger partial charge in [0, 0.05) is 17.5 Å². The molecular formula is C16H14FN3O3. The van der Waals surface area contributed by atoms with Crippen LogP contribution in [-0.4, -0.2) is 29.0 Å². The maximum Gasteiger partial charge on any atom is 0.340 e. The fourth-order valence-electron chi connectivity index (χ4n) is 2.69. The summed E-state index contributed by atoms with van der Waals surface area (Å²) in [5, 5.41) is 2.70. The molecule has 7 heteroatoms. The first-order chi connectivity index (χ1) is 11.0. The predicted octanol–water partition coefficient (Wildman–Crippen LogP) is 2.51. The van der Waals surface area contributed by atoms with Gasteiger partial charge < -0.3 is 10.1 Å². The Morgan fingerprint density at radius 2 is 2.17 bits per heavy atom. The van der Waals surface area contributed by atoms with Crippen molar-refractivity contribution in [2.75, 3.05) is 12.4 Å². The maximum absolute atomic E-state index is 13.8. The van der Waals surface area contributed by atoms with Gasteiger partial charge in [-0.15, -0.1) is 0 Å². The third-order valence-corrected chi connectivity index (χ3v) is 3.77. The van der Waals surface area contributed by atoms with Gasteiger partial charge in [0.2, 0.25) is 5.91 Å². The van der Waals surface area contributed by atoms with Crippen LogP contribution in [0.3, 0.4) is 0 Å². The van der Waals surface area contributed by atoms with Gasteiger partial charge in [0.25, 0.3) is 0 Å². The van der Waals surface area contributed by atoms with Gasteiger partial charge in [0.15, 0.2) is 0 Å². The van der Waals surface area contributed by atoms with Crippen molar-refractivity contribution in [3.63, 3.8) is 0 Å². The second-order valence-electron chi connectivity index (χ2n) is 5.32. The zero-order chi connectivity index (χ0) is 16.6. The lowest BCUT2D eigenvalue weighted by molar-refractivity contribution is -0.116. The van der Waals surface area contributed by atoms with E-state index < -0.39 is 11.8 Å². The molecule has 1 aliphatic heterocycles. The Labute approximate surface area is 131 Å². The van der Waals surface area contributed by atoms with Crippen LogP contribution in [0, 0.1) is 5.82 Å². The van der Waals surface area contributed by atoms with Gasteiger partial charge >= 0.3 is 5.97 Å². The van der Waals surface area contributed by atoms with Crippen molar-refractivity contribution in [2.45, 2.75) is 19.3 Å². The van der Waals surface area contributed by atoms with Crippen LogP contribution < -0.4 is 5.32 Å². The van der Waals surface area contributed by atoms with E-state index in [-0.39, 0.29) is 17.4 Å². The molecule has 6 nitrogen and oxygen atoms in total. The van der Waals surface area contributed by atoms with E-state index in [1.807, 2.05) is 6.92 Å². The second kappa shape index (κ2) is 5.75. The van der Waals surface area contributed by atoms with Gasteiger partial charge in [-0.2, -0.15) is 0 Å². The standard InChI is InChI=1S/C16H14FN3O3/c1-8-5-12(21)20-15-13(8)14(18-7-19-15)9-3-4-11(17)10(6-9)16(22)23-2/h3-4,6-8H,5H2,1-2H3,(H,18,19,20,21)/t8-/m1/s1. The summed E-state index contributed by atoms with van der Waals surface area (Å²) < 4.78 is 18.4. The lowest BCUT2D eigenvalue weighted by Crippen LogP contribution is -2.23. The topological polar surface area (TPSA) is 81.2 Å². The Bertz CT molecular complexity index is 807. The number of aromatic nitrogens is 2. The summed E-state index contributed by atoms with van der Waals surface area (Å²) in [7, 11) is 1.19. The Balaban J connectivity index is 2.15. The number of benzene rings is 1. The van der Waals surface area contributed by atoms with Crippen molar-refractivity contribution < 1.29 is 18.7 Å². The summed E-state index contributed by atoms with van der Waals surface area (Å²) >= 11 is 0. The number of anilines is 1. The molecule has 1 aromatic heterocycles. The number of hydrogen-bond donors (Lipinski definition) is 1. The van der Waals surface area contributed by atoms with Crippen LogP contribution in [0.4, 0.5) is 10.2 Å². The molecule has 0 fully saturated rings. The van der Waals surface area contributed by atoms with Gasteiger partial charge in [-0.25, -0.2) is 19.2 Å². The van der Waals surface area contributed by atoms with Crippen LogP contribution in [-0.2, 0) is 9.53 Å². The minimum absolute atomic E-state index is 0.0819. The van der Waals surface area contributed by atoms with E-state index in [0.717, 1.165) is 5.56 Å².